The van der Waals surface area contributed by atoms with E-state index >= 15 is 0 Å². The maximum Gasteiger partial charge on any atom is 0.254 e. The Morgan fingerprint density at radius 3 is 2.59 bits per heavy atom. The second kappa shape index (κ2) is 8.10. The van der Waals surface area contributed by atoms with Gasteiger partial charge in [-0.15, -0.1) is 0 Å². The second-order valence-corrected chi connectivity index (χ2v) is 8.24. The van der Waals surface area contributed by atoms with Crippen molar-refractivity contribution < 1.29 is 17.9 Å². The van der Waals surface area contributed by atoms with Crippen LogP contribution in [0.2, 0.25) is 0 Å². The Kier molecular flexibility index (Phi) is 5.82. The Bertz CT molecular complexity index is 923. The number of ether oxygens (including phenoxy) is 1. The highest BCUT2D eigenvalue weighted by atomic mass is 32.2. The molecule has 2 aromatic carbocycles. The molecule has 0 aliphatic carbocycles. The fraction of sp³-hybridized carbons (Fsp3) is 0.350. The third-order valence-corrected chi connectivity index (χ3v) is 6.71. The number of amides is 1. The third-order valence-electron chi connectivity index (χ3n) is 4.66. The molecule has 1 heterocycles. The molecule has 1 aliphatic rings. The third kappa shape index (κ3) is 3.99. The van der Waals surface area contributed by atoms with Gasteiger partial charge in [0.2, 0.25) is 10.0 Å². The molecule has 3 rings (SSSR count). The summed E-state index contributed by atoms with van der Waals surface area (Å²) < 4.78 is 32.6. The molecule has 0 saturated heterocycles. The number of hydrogen-bond donors (Lipinski definition) is 0. The molecule has 144 valence electrons. The van der Waals surface area contributed by atoms with Crippen LogP contribution in [0, 0.1) is 0 Å². The SMILES string of the molecule is CCN(CC)S(=O)(=O)c1cccc(C(=O)N2CCOc3ccccc3C2)c1. The predicted molar refractivity (Wildman–Crippen MR) is 103 cm³/mol. The lowest BCUT2D eigenvalue weighted by Crippen LogP contribution is -2.33. The number of fused-ring (bicyclic) bond motifs is 1. The van der Waals surface area contributed by atoms with Crippen molar-refractivity contribution in [2.75, 3.05) is 26.2 Å². The average Bonchev–Trinajstić information content (AvgIpc) is 2.90. The molecule has 0 spiro atoms. The number of carbonyl (C=O) groups is 1. The van der Waals surface area contributed by atoms with Crippen molar-refractivity contribution in [2.45, 2.75) is 25.3 Å². The van der Waals surface area contributed by atoms with Crippen LogP contribution in [0.25, 0.3) is 0 Å². The van der Waals surface area contributed by atoms with E-state index < -0.39 is 10.0 Å². The first-order valence-corrected chi connectivity index (χ1v) is 10.5. The van der Waals surface area contributed by atoms with Crippen LogP contribution in [0.15, 0.2) is 53.4 Å². The normalized spacial score (nSPS) is 14.4. The van der Waals surface area contributed by atoms with Crippen molar-refractivity contribution in [2.24, 2.45) is 0 Å². The molecule has 7 heteroatoms. The molecule has 27 heavy (non-hydrogen) atoms. The molecule has 1 amide bonds. The summed E-state index contributed by atoms with van der Waals surface area (Å²) in [6.45, 7) is 5.65. The van der Waals surface area contributed by atoms with Crippen molar-refractivity contribution in [3.63, 3.8) is 0 Å². The van der Waals surface area contributed by atoms with Gasteiger partial charge in [-0.3, -0.25) is 4.79 Å². The Hall–Kier alpha value is -2.38. The summed E-state index contributed by atoms with van der Waals surface area (Å²) in [7, 11) is -3.61. The largest absolute Gasteiger partial charge is 0.491 e. The molecule has 1 aliphatic heterocycles. The monoisotopic (exact) mass is 388 g/mol. The maximum atomic E-state index is 13.0. The zero-order chi connectivity index (χ0) is 19.4. The lowest BCUT2D eigenvalue weighted by molar-refractivity contribution is 0.0733. The molecule has 0 radical (unpaired) electrons. The van der Waals surface area contributed by atoms with Gasteiger partial charge < -0.3 is 9.64 Å². The first kappa shape index (κ1) is 19.4. The molecule has 0 N–H and O–H groups in total. The number of para-hydroxylation sites is 1. The lowest BCUT2D eigenvalue weighted by Gasteiger charge is -2.21. The highest BCUT2D eigenvalue weighted by molar-refractivity contribution is 7.89. The number of nitrogens with zero attached hydrogens (tertiary/aromatic N) is 2. The van der Waals surface area contributed by atoms with E-state index in [-0.39, 0.29) is 10.8 Å². The van der Waals surface area contributed by atoms with Crippen molar-refractivity contribution in [1.82, 2.24) is 9.21 Å². The first-order chi connectivity index (χ1) is 13.0. The van der Waals surface area contributed by atoms with Crippen molar-refractivity contribution in [3.8, 4) is 5.75 Å². The van der Waals surface area contributed by atoms with Gasteiger partial charge in [0.15, 0.2) is 0 Å². The van der Waals surface area contributed by atoms with E-state index in [1.807, 2.05) is 24.3 Å². The topological polar surface area (TPSA) is 66.9 Å². The Morgan fingerprint density at radius 1 is 1.11 bits per heavy atom. The van der Waals surface area contributed by atoms with Gasteiger partial charge >= 0.3 is 0 Å². The maximum absolute atomic E-state index is 13.0. The van der Waals surface area contributed by atoms with Crippen LogP contribution in [0.3, 0.4) is 0 Å². The quantitative estimate of drug-likeness (QED) is 0.790. The van der Waals surface area contributed by atoms with Crippen LogP contribution in [0.1, 0.15) is 29.8 Å². The fourth-order valence-electron chi connectivity index (χ4n) is 3.18. The second-order valence-electron chi connectivity index (χ2n) is 6.30. The van der Waals surface area contributed by atoms with Gasteiger partial charge in [-0.25, -0.2) is 8.42 Å². The molecule has 0 bridgehead atoms. The molecule has 6 nitrogen and oxygen atoms in total. The van der Waals surface area contributed by atoms with Gasteiger partial charge in [-0.2, -0.15) is 4.31 Å². The van der Waals surface area contributed by atoms with Crippen LogP contribution in [-0.4, -0.2) is 49.8 Å². The number of sulfonamides is 1. The number of rotatable bonds is 5. The summed E-state index contributed by atoms with van der Waals surface area (Å²) in [5.74, 6) is 0.581. The zero-order valence-electron chi connectivity index (χ0n) is 15.6. The highest BCUT2D eigenvalue weighted by Gasteiger charge is 2.25. The van der Waals surface area contributed by atoms with Gasteiger partial charge in [-0.1, -0.05) is 38.1 Å². The van der Waals surface area contributed by atoms with E-state index in [1.54, 1.807) is 30.9 Å². The molecule has 2 aromatic rings. The molecule has 0 atom stereocenters. The smallest absolute Gasteiger partial charge is 0.254 e. The number of benzene rings is 2. The fourth-order valence-corrected chi connectivity index (χ4v) is 4.69. The number of carbonyl (C=O) groups excluding carboxylic acids is 1. The standard InChI is InChI=1S/C20H24N2O4S/c1-3-22(4-2)27(24,25)18-10-7-9-16(14-18)20(23)21-12-13-26-19-11-6-5-8-17(19)15-21/h5-11,14H,3-4,12-13,15H2,1-2H3. The molecular weight excluding hydrogens is 364 g/mol. The van der Waals surface area contributed by atoms with E-state index in [9.17, 15) is 13.2 Å². The first-order valence-electron chi connectivity index (χ1n) is 9.07. The minimum absolute atomic E-state index is 0.142. The molecule has 0 fully saturated rings. The van der Waals surface area contributed by atoms with Gasteiger partial charge in [0, 0.05) is 30.8 Å². The number of hydrogen-bond acceptors (Lipinski definition) is 4. The van der Waals surface area contributed by atoms with E-state index in [2.05, 4.69) is 0 Å². The van der Waals surface area contributed by atoms with E-state index in [4.69, 9.17) is 4.74 Å². The predicted octanol–water partition coefficient (Wildman–Crippen LogP) is 2.75. The lowest BCUT2D eigenvalue weighted by atomic mass is 10.1. The van der Waals surface area contributed by atoms with E-state index in [0.717, 1.165) is 11.3 Å². The zero-order valence-corrected chi connectivity index (χ0v) is 16.4. The van der Waals surface area contributed by atoms with Gasteiger partial charge in [0.25, 0.3) is 5.91 Å². The van der Waals surface area contributed by atoms with E-state index in [0.29, 0.717) is 38.3 Å². The van der Waals surface area contributed by atoms with Crippen LogP contribution in [-0.2, 0) is 16.6 Å². The molecule has 0 aromatic heterocycles. The minimum atomic E-state index is -3.61. The van der Waals surface area contributed by atoms with Gasteiger partial charge in [0.1, 0.15) is 12.4 Å². The van der Waals surface area contributed by atoms with Crippen LogP contribution >= 0.6 is 0 Å². The Balaban J connectivity index is 1.88. The molecular formula is C20H24N2O4S. The van der Waals surface area contributed by atoms with Crippen LogP contribution < -0.4 is 4.74 Å². The van der Waals surface area contributed by atoms with E-state index in [1.165, 1.54) is 16.4 Å². The summed E-state index contributed by atoms with van der Waals surface area (Å²) in [6, 6.07) is 13.9. The van der Waals surface area contributed by atoms with Crippen molar-refractivity contribution in [1.29, 1.82) is 0 Å². The van der Waals surface area contributed by atoms with Crippen molar-refractivity contribution >= 4 is 15.9 Å². The van der Waals surface area contributed by atoms with Crippen LogP contribution in [0.4, 0.5) is 0 Å². The van der Waals surface area contributed by atoms with Gasteiger partial charge in [-0.05, 0) is 24.3 Å². The highest BCUT2D eigenvalue weighted by Crippen LogP contribution is 2.24. The molecule has 0 saturated carbocycles. The Labute approximate surface area is 160 Å². The van der Waals surface area contributed by atoms with Gasteiger partial charge in [0.05, 0.1) is 11.4 Å². The summed E-state index contributed by atoms with van der Waals surface area (Å²) in [6.07, 6.45) is 0. The van der Waals surface area contributed by atoms with Crippen molar-refractivity contribution in [3.05, 3.63) is 59.7 Å². The summed E-state index contributed by atoms with van der Waals surface area (Å²) in [5.41, 5.74) is 1.30. The van der Waals surface area contributed by atoms with Crippen LogP contribution in [0.5, 0.6) is 5.75 Å². The average molecular weight is 388 g/mol. The minimum Gasteiger partial charge on any atom is -0.491 e. The summed E-state index contributed by atoms with van der Waals surface area (Å²) in [4.78, 5) is 14.8. The Morgan fingerprint density at radius 2 is 1.85 bits per heavy atom. The summed E-state index contributed by atoms with van der Waals surface area (Å²) in [5, 5.41) is 0. The summed E-state index contributed by atoms with van der Waals surface area (Å²) >= 11 is 0. The molecule has 0 unspecified atom stereocenters.